The topological polar surface area (TPSA) is 81.4 Å². The number of benzene rings is 1. The van der Waals surface area contributed by atoms with Crippen LogP contribution in [0.2, 0.25) is 15.1 Å². The predicted molar refractivity (Wildman–Crippen MR) is 133 cm³/mol. The number of thiophene rings is 1. The molecule has 1 aromatic heterocycles. The summed E-state index contributed by atoms with van der Waals surface area (Å²) in [6.07, 6.45) is 2.62. The highest BCUT2D eigenvalue weighted by Gasteiger charge is 2.33. The number of carbonyl (C=O) groups excluding carboxylic acids is 2. The van der Waals surface area contributed by atoms with Crippen molar-refractivity contribution in [3.05, 3.63) is 42.2 Å². The lowest BCUT2D eigenvalue weighted by atomic mass is 9.72. The third-order valence-electron chi connectivity index (χ3n) is 6.05. The van der Waals surface area contributed by atoms with Crippen LogP contribution in [-0.4, -0.2) is 18.4 Å². The van der Waals surface area contributed by atoms with Crippen molar-refractivity contribution >= 4 is 63.0 Å². The second kappa shape index (κ2) is 9.41. The maximum absolute atomic E-state index is 12.7. The van der Waals surface area contributed by atoms with E-state index < -0.39 is 11.8 Å². The summed E-state index contributed by atoms with van der Waals surface area (Å²) >= 11 is 20.3. The molecule has 1 heterocycles. The molecule has 0 spiro atoms. The Bertz CT molecular complexity index is 1060. The smallest absolute Gasteiger partial charge is 0.262 e. The minimum absolute atomic E-state index is 0.166. The molecule has 0 fully saturated rings. The van der Waals surface area contributed by atoms with Gasteiger partial charge in [-0.15, -0.1) is 11.3 Å². The van der Waals surface area contributed by atoms with Crippen LogP contribution < -0.4 is 15.8 Å². The molecule has 174 valence electrons. The molecule has 2 aromatic rings. The Morgan fingerprint density at radius 2 is 1.72 bits per heavy atom. The summed E-state index contributed by atoms with van der Waals surface area (Å²) in [6, 6.07) is 0. The van der Waals surface area contributed by atoms with Gasteiger partial charge in [0.05, 0.1) is 15.6 Å². The van der Waals surface area contributed by atoms with Crippen molar-refractivity contribution in [2.45, 2.75) is 53.9 Å². The first kappa shape index (κ1) is 25.2. The SMILES string of the molecule is Cc1c(Cl)c(C)c(Cl)c(OCC(=O)Nc2sc3c(c2C(N)=O)CC[C@H](C(C)(C)C)C3)c1Cl. The number of hydrogen-bond acceptors (Lipinski definition) is 4. The predicted octanol–water partition coefficient (Wildman–Crippen LogP) is 6.59. The molecule has 1 aliphatic carbocycles. The molecule has 0 bridgehead atoms. The van der Waals surface area contributed by atoms with Crippen molar-refractivity contribution < 1.29 is 14.3 Å². The molecule has 5 nitrogen and oxygen atoms in total. The van der Waals surface area contributed by atoms with Crippen molar-refractivity contribution in [1.29, 1.82) is 0 Å². The largest absolute Gasteiger partial charge is 0.481 e. The fraction of sp³-hybridized carbons (Fsp3) is 0.478. The monoisotopic (exact) mass is 516 g/mol. The zero-order valence-electron chi connectivity index (χ0n) is 18.8. The van der Waals surface area contributed by atoms with E-state index >= 15 is 0 Å². The van der Waals surface area contributed by atoms with E-state index in [4.69, 9.17) is 45.3 Å². The van der Waals surface area contributed by atoms with Gasteiger partial charge < -0.3 is 15.8 Å². The number of hydrogen-bond donors (Lipinski definition) is 2. The fourth-order valence-corrected chi connectivity index (χ4v) is 6.18. The molecule has 9 heteroatoms. The van der Waals surface area contributed by atoms with Crippen LogP contribution in [0.15, 0.2) is 0 Å². The summed E-state index contributed by atoms with van der Waals surface area (Å²) in [4.78, 5) is 26.0. The summed E-state index contributed by atoms with van der Waals surface area (Å²) in [5.41, 5.74) is 8.44. The average Bonchev–Trinajstić information content (AvgIpc) is 3.07. The number of anilines is 1. The van der Waals surface area contributed by atoms with Crippen LogP contribution >= 0.6 is 46.1 Å². The Labute approximate surface area is 207 Å². The molecule has 0 saturated carbocycles. The van der Waals surface area contributed by atoms with Gasteiger partial charge in [-0.05, 0) is 61.1 Å². The maximum atomic E-state index is 12.7. The Morgan fingerprint density at radius 3 is 2.25 bits per heavy atom. The van der Waals surface area contributed by atoms with E-state index in [2.05, 4.69) is 26.1 Å². The highest BCUT2D eigenvalue weighted by molar-refractivity contribution is 7.17. The van der Waals surface area contributed by atoms with Crippen molar-refractivity contribution in [3.63, 3.8) is 0 Å². The zero-order valence-corrected chi connectivity index (χ0v) is 21.8. The summed E-state index contributed by atoms with van der Waals surface area (Å²) in [5.74, 6) is -0.266. The molecule has 0 saturated heterocycles. The lowest BCUT2D eigenvalue weighted by Gasteiger charge is -2.33. The normalized spacial score (nSPS) is 15.9. The number of halogens is 3. The van der Waals surface area contributed by atoms with Gasteiger partial charge in [-0.25, -0.2) is 0 Å². The number of nitrogens with one attached hydrogen (secondary N) is 1. The number of fused-ring (bicyclic) bond motifs is 1. The van der Waals surface area contributed by atoms with E-state index in [1.165, 1.54) is 11.3 Å². The van der Waals surface area contributed by atoms with E-state index in [9.17, 15) is 9.59 Å². The Morgan fingerprint density at radius 1 is 1.12 bits per heavy atom. The number of carbonyl (C=O) groups is 2. The molecule has 3 N–H and O–H groups in total. The molecule has 1 atom stereocenters. The van der Waals surface area contributed by atoms with Crippen LogP contribution in [-0.2, 0) is 17.6 Å². The summed E-state index contributed by atoms with van der Waals surface area (Å²) in [6.45, 7) is 9.85. The van der Waals surface area contributed by atoms with Gasteiger partial charge in [0.1, 0.15) is 5.00 Å². The third kappa shape index (κ3) is 4.89. The van der Waals surface area contributed by atoms with E-state index in [0.717, 1.165) is 29.7 Å². The highest BCUT2D eigenvalue weighted by atomic mass is 35.5. The molecular weight excluding hydrogens is 491 g/mol. The Balaban J connectivity index is 1.80. The van der Waals surface area contributed by atoms with Crippen molar-refractivity contribution in [2.75, 3.05) is 11.9 Å². The number of ether oxygens (including phenoxy) is 1. The van der Waals surface area contributed by atoms with Crippen LogP contribution in [0.3, 0.4) is 0 Å². The molecule has 32 heavy (non-hydrogen) atoms. The van der Waals surface area contributed by atoms with Gasteiger partial charge in [0.2, 0.25) is 0 Å². The zero-order chi connectivity index (χ0) is 24.0. The molecule has 0 radical (unpaired) electrons. The Kier molecular flexibility index (Phi) is 7.40. The van der Waals surface area contributed by atoms with Crippen molar-refractivity contribution in [3.8, 4) is 5.75 Å². The number of primary amides is 1. The van der Waals surface area contributed by atoms with Crippen LogP contribution in [0.25, 0.3) is 0 Å². The minimum atomic E-state index is -0.539. The molecule has 0 aliphatic heterocycles. The second-order valence-corrected chi connectivity index (χ2v) is 11.5. The van der Waals surface area contributed by atoms with E-state index in [1.54, 1.807) is 13.8 Å². The average molecular weight is 518 g/mol. The first-order valence-corrected chi connectivity index (χ1v) is 12.3. The van der Waals surface area contributed by atoms with Crippen LogP contribution in [0.1, 0.15) is 59.1 Å². The first-order valence-electron chi connectivity index (χ1n) is 10.3. The van der Waals surface area contributed by atoms with Gasteiger partial charge >= 0.3 is 0 Å². The van der Waals surface area contributed by atoms with Gasteiger partial charge in [-0.3, -0.25) is 9.59 Å². The standard InChI is InChI=1S/C23H27Cl3N2O3S/c1-10-17(24)11(2)19(26)20(18(10)25)31-9-15(29)28-22-16(21(27)30)13-7-6-12(23(3,4)5)8-14(13)32-22/h12H,6-9H2,1-5H3,(H2,27,30)(H,28,29)/t12-/m0/s1. The van der Waals surface area contributed by atoms with Gasteiger partial charge in [0.25, 0.3) is 11.8 Å². The number of rotatable bonds is 5. The second-order valence-electron chi connectivity index (χ2n) is 9.24. The third-order valence-corrected chi connectivity index (χ3v) is 8.70. The first-order chi connectivity index (χ1) is 14.8. The minimum Gasteiger partial charge on any atom is -0.481 e. The molecule has 3 rings (SSSR count). The van der Waals surface area contributed by atoms with Crippen molar-refractivity contribution in [1.82, 2.24) is 0 Å². The molecule has 1 aliphatic rings. The summed E-state index contributed by atoms with van der Waals surface area (Å²) < 4.78 is 5.64. The molecule has 2 amide bonds. The number of nitrogens with two attached hydrogens (primary N) is 1. The fourth-order valence-electron chi connectivity index (χ4n) is 4.01. The van der Waals surface area contributed by atoms with Crippen LogP contribution in [0.4, 0.5) is 5.00 Å². The van der Waals surface area contributed by atoms with Gasteiger partial charge in [-0.2, -0.15) is 0 Å². The lowest BCUT2D eigenvalue weighted by Crippen LogP contribution is -2.27. The Hall–Kier alpha value is -1.47. The molecular formula is C23H27Cl3N2O3S. The van der Waals surface area contributed by atoms with E-state index in [0.29, 0.717) is 32.6 Å². The van der Waals surface area contributed by atoms with Crippen LogP contribution in [0.5, 0.6) is 5.75 Å². The quantitative estimate of drug-likeness (QED) is 0.469. The summed E-state index contributed by atoms with van der Waals surface area (Å²) in [5, 5.41) is 4.24. The van der Waals surface area contributed by atoms with Gasteiger partial charge in [-0.1, -0.05) is 55.6 Å². The van der Waals surface area contributed by atoms with Crippen LogP contribution in [0, 0.1) is 25.2 Å². The molecule has 0 unspecified atom stereocenters. The van der Waals surface area contributed by atoms with Crippen molar-refractivity contribution in [2.24, 2.45) is 17.1 Å². The summed E-state index contributed by atoms with van der Waals surface area (Å²) in [7, 11) is 0. The van der Waals surface area contributed by atoms with E-state index in [1.807, 2.05) is 0 Å². The molecule has 1 aromatic carbocycles. The van der Waals surface area contributed by atoms with Gasteiger partial charge in [0.15, 0.2) is 12.4 Å². The number of amides is 2. The van der Waals surface area contributed by atoms with Gasteiger partial charge in [0, 0.05) is 9.90 Å². The maximum Gasteiger partial charge on any atom is 0.262 e. The highest BCUT2D eigenvalue weighted by Crippen LogP contribution is 2.45. The van der Waals surface area contributed by atoms with E-state index in [-0.39, 0.29) is 27.8 Å². The lowest BCUT2D eigenvalue weighted by molar-refractivity contribution is -0.118.